The maximum Gasteiger partial charge on any atom is 0.250 e. The summed E-state index contributed by atoms with van der Waals surface area (Å²) in [4.78, 5) is 0. The van der Waals surface area contributed by atoms with E-state index in [1.807, 2.05) is 0 Å². The number of nitrogens with two attached hydrogens (primary N) is 1. The van der Waals surface area contributed by atoms with Gasteiger partial charge < -0.3 is 11.1 Å². The van der Waals surface area contributed by atoms with Crippen LogP contribution in [-0.4, -0.2) is 25.1 Å². The molecule has 1 rings (SSSR count). The minimum atomic E-state index is -2.30. The van der Waals surface area contributed by atoms with Gasteiger partial charge in [0.2, 0.25) is 0 Å². The molecule has 0 spiro atoms. The molecule has 2 unspecified atom stereocenters. The third-order valence-electron chi connectivity index (χ3n) is 3.57. The van der Waals surface area contributed by atoms with Gasteiger partial charge in [-0.25, -0.2) is 8.78 Å². The minimum Gasteiger partial charge on any atom is -0.329 e. The average Bonchev–Trinajstić information content (AvgIpc) is 2.33. The number of alkyl halides is 2. The highest BCUT2D eigenvalue weighted by atomic mass is 19.3. The summed E-state index contributed by atoms with van der Waals surface area (Å²) in [5.74, 6) is 0.358. The second kappa shape index (κ2) is 4.34. The van der Waals surface area contributed by atoms with Crippen LogP contribution in [0, 0.1) is 11.3 Å². The summed E-state index contributed by atoms with van der Waals surface area (Å²) in [6.07, 6.45) is -0.380. The first-order valence-electron chi connectivity index (χ1n) is 5.54. The molecule has 0 bridgehead atoms. The quantitative estimate of drug-likeness (QED) is 0.760. The van der Waals surface area contributed by atoms with Crippen LogP contribution in [0.4, 0.5) is 8.78 Å². The summed E-state index contributed by atoms with van der Waals surface area (Å²) < 4.78 is 24.4. The molecule has 1 fully saturated rings. The molecular weight excluding hydrogens is 198 g/mol. The Hall–Kier alpha value is -0.220. The molecule has 1 aliphatic carbocycles. The molecule has 0 saturated heterocycles. The summed E-state index contributed by atoms with van der Waals surface area (Å²) in [6, 6.07) is 0. The number of halogens is 2. The van der Waals surface area contributed by atoms with Gasteiger partial charge in [0.15, 0.2) is 0 Å². The Morgan fingerprint density at radius 3 is 2.40 bits per heavy atom. The van der Waals surface area contributed by atoms with Crippen molar-refractivity contribution in [3.05, 3.63) is 0 Å². The topological polar surface area (TPSA) is 38.0 Å². The first-order chi connectivity index (χ1) is 6.81. The Labute approximate surface area is 90.6 Å². The van der Waals surface area contributed by atoms with Crippen LogP contribution in [0.2, 0.25) is 0 Å². The highest BCUT2D eigenvalue weighted by Crippen LogP contribution is 2.46. The van der Waals surface area contributed by atoms with Crippen molar-refractivity contribution in [3.63, 3.8) is 0 Å². The Morgan fingerprint density at radius 1 is 1.47 bits per heavy atom. The van der Waals surface area contributed by atoms with Gasteiger partial charge in [-0.05, 0) is 24.2 Å². The van der Waals surface area contributed by atoms with Gasteiger partial charge in [-0.2, -0.15) is 0 Å². The highest BCUT2D eigenvalue weighted by molar-refractivity contribution is 5.04. The van der Waals surface area contributed by atoms with Gasteiger partial charge in [0.05, 0.1) is 6.54 Å². The lowest BCUT2D eigenvalue weighted by Crippen LogP contribution is -2.54. The Balaban J connectivity index is 2.68. The molecule has 90 valence electrons. The summed E-state index contributed by atoms with van der Waals surface area (Å²) in [7, 11) is 0. The van der Waals surface area contributed by atoms with Crippen LogP contribution in [0.3, 0.4) is 0 Å². The molecule has 0 radical (unpaired) electrons. The number of hydrogen-bond acceptors (Lipinski definition) is 2. The molecule has 15 heavy (non-hydrogen) atoms. The average molecular weight is 220 g/mol. The Morgan fingerprint density at radius 2 is 2.07 bits per heavy atom. The third kappa shape index (κ3) is 2.88. The van der Waals surface area contributed by atoms with Crippen LogP contribution in [-0.2, 0) is 0 Å². The van der Waals surface area contributed by atoms with Gasteiger partial charge in [-0.3, -0.25) is 0 Å². The lowest BCUT2D eigenvalue weighted by Gasteiger charge is -2.34. The minimum absolute atomic E-state index is 0.202. The standard InChI is InChI=1S/C11H22F2N2/c1-8-4-10(2,3)6-11(8,7-14)15-5-9(12)13/h8-9,15H,4-7,14H2,1-3H3. The van der Waals surface area contributed by atoms with E-state index in [-0.39, 0.29) is 17.5 Å². The SMILES string of the molecule is CC1CC(C)(C)CC1(CN)NCC(F)F. The molecular formula is C11H22F2N2. The van der Waals surface area contributed by atoms with Crippen LogP contribution in [0.15, 0.2) is 0 Å². The van der Waals surface area contributed by atoms with Crippen LogP contribution < -0.4 is 11.1 Å². The lowest BCUT2D eigenvalue weighted by molar-refractivity contribution is 0.120. The molecule has 1 saturated carbocycles. The zero-order valence-corrected chi connectivity index (χ0v) is 9.82. The summed E-state index contributed by atoms with van der Waals surface area (Å²) in [5, 5.41) is 2.97. The van der Waals surface area contributed by atoms with E-state index in [0.717, 1.165) is 12.8 Å². The van der Waals surface area contributed by atoms with E-state index in [2.05, 4.69) is 26.1 Å². The van der Waals surface area contributed by atoms with Crippen LogP contribution in [0.5, 0.6) is 0 Å². The third-order valence-corrected chi connectivity index (χ3v) is 3.57. The number of rotatable bonds is 4. The van der Waals surface area contributed by atoms with Crippen molar-refractivity contribution >= 4 is 0 Å². The van der Waals surface area contributed by atoms with Crippen molar-refractivity contribution in [1.29, 1.82) is 0 Å². The molecule has 2 atom stereocenters. The van der Waals surface area contributed by atoms with Crippen LogP contribution in [0.1, 0.15) is 33.6 Å². The maximum atomic E-state index is 12.2. The monoisotopic (exact) mass is 220 g/mol. The molecule has 2 nitrogen and oxygen atoms in total. The smallest absolute Gasteiger partial charge is 0.250 e. The van der Waals surface area contributed by atoms with E-state index in [9.17, 15) is 8.78 Å². The zero-order chi connectivity index (χ0) is 11.7. The molecule has 0 aromatic carbocycles. The summed E-state index contributed by atoms with van der Waals surface area (Å²) in [6.45, 7) is 6.62. The van der Waals surface area contributed by atoms with E-state index < -0.39 is 6.43 Å². The first kappa shape index (κ1) is 12.8. The Kier molecular flexibility index (Phi) is 3.71. The summed E-state index contributed by atoms with van der Waals surface area (Å²) in [5.41, 5.74) is 5.67. The van der Waals surface area contributed by atoms with E-state index in [0.29, 0.717) is 12.5 Å². The Bertz CT molecular complexity index is 219. The molecule has 1 aliphatic rings. The molecule has 4 heteroatoms. The largest absolute Gasteiger partial charge is 0.329 e. The second-order valence-corrected chi connectivity index (χ2v) is 5.58. The second-order valence-electron chi connectivity index (χ2n) is 5.58. The van der Waals surface area contributed by atoms with Crippen LogP contribution in [0.25, 0.3) is 0 Å². The van der Waals surface area contributed by atoms with Gasteiger partial charge in [0.25, 0.3) is 6.43 Å². The molecule has 3 N–H and O–H groups in total. The van der Waals surface area contributed by atoms with E-state index in [4.69, 9.17) is 5.73 Å². The van der Waals surface area contributed by atoms with Gasteiger partial charge in [0.1, 0.15) is 0 Å². The lowest BCUT2D eigenvalue weighted by atomic mass is 9.86. The number of nitrogens with one attached hydrogen (secondary N) is 1. The summed E-state index contributed by atoms with van der Waals surface area (Å²) >= 11 is 0. The van der Waals surface area contributed by atoms with Crippen molar-refractivity contribution in [2.24, 2.45) is 17.1 Å². The predicted octanol–water partition coefficient (Wildman–Crippen LogP) is 1.99. The van der Waals surface area contributed by atoms with Gasteiger partial charge in [-0.1, -0.05) is 20.8 Å². The van der Waals surface area contributed by atoms with Crippen molar-refractivity contribution in [1.82, 2.24) is 5.32 Å². The number of hydrogen-bond donors (Lipinski definition) is 2. The van der Waals surface area contributed by atoms with Crippen molar-refractivity contribution < 1.29 is 8.78 Å². The van der Waals surface area contributed by atoms with Crippen molar-refractivity contribution in [2.75, 3.05) is 13.1 Å². The maximum absolute atomic E-state index is 12.2. The van der Waals surface area contributed by atoms with Crippen LogP contribution >= 0.6 is 0 Å². The highest BCUT2D eigenvalue weighted by Gasteiger charge is 2.47. The van der Waals surface area contributed by atoms with E-state index >= 15 is 0 Å². The normalized spacial score (nSPS) is 35.0. The predicted molar refractivity (Wildman–Crippen MR) is 58.0 cm³/mol. The van der Waals surface area contributed by atoms with Crippen molar-refractivity contribution in [2.45, 2.75) is 45.6 Å². The van der Waals surface area contributed by atoms with Gasteiger partial charge in [0, 0.05) is 12.1 Å². The molecule has 0 aromatic heterocycles. The fourth-order valence-corrected chi connectivity index (χ4v) is 2.99. The molecule has 0 aliphatic heterocycles. The molecule has 0 aromatic rings. The van der Waals surface area contributed by atoms with E-state index in [1.165, 1.54) is 0 Å². The van der Waals surface area contributed by atoms with Crippen molar-refractivity contribution in [3.8, 4) is 0 Å². The fourth-order valence-electron chi connectivity index (χ4n) is 2.99. The fraction of sp³-hybridized carbons (Fsp3) is 1.00. The van der Waals surface area contributed by atoms with E-state index in [1.54, 1.807) is 0 Å². The molecule has 0 amide bonds. The zero-order valence-electron chi connectivity index (χ0n) is 9.82. The molecule has 0 heterocycles. The van der Waals surface area contributed by atoms with Gasteiger partial charge >= 0.3 is 0 Å². The first-order valence-corrected chi connectivity index (χ1v) is 5.54. The van der Waals surface area contributed by atoms with Gasteiger partial charge in [-0.15, -0.1) is 0 Å².